The molecule has 2 N–H and O–H groups in total. The molecule has 3 rings (SSSR count). The molecule has 4 nitrogen and oxygen atoms in total. The van der Waals surface area contributed by atoms with Crippen LogP contribution in [0.5, 0.6) is 0 Å². The van der Waals surface area contributed by atoms with Crippen LogP contribution in [-0.2, 0) is 17.5 Å². The number of nitrogens with zero attached hydrogens (tertiary/aromatic N) is 1. The molecule has 2 fully saturated rings. The summed E-state index contributed by atoms with van der Waals surface area (Å²) in [7, 11) is 1.80. The van der Waals surface area contributed by atoms with E-state index in [2.05, 4.69) is 29.4 Å². The number of likely N-dealkylation sites (N-methyl/N-ethyl adjacent to an activating group) is 1. The lowest BCUT2D eigenvalue weighted by Crippen LogP contribution is -2.49. The minimum atomic E-state index is -4.68. The van der Waals surface area contributed by atoms with Crippen molar-refractivity contribution in [2.75, 3.05) is 20.1 Å². The number of amides is 1. The number of carbonyl (C=O) groups is 1. The van der Waals surface area contributed by atoms with Gasteiger partial charge in [-0.25, -0.2) is 4.39 Å². The molecule has 8 heteroatoms. The highest BCUT2D eigenvalue weighted by Gasteiger charge is 2.43. The van der Waals surface area contributed by atoms with Crippen LogP contribution < -0.4 is 10.6 Å². The zero-order valence-electron chi connectivity index (χ0n) is 17.7. The van der Waals surface area contributed by atoms with Crippen LogP contribution in [0.1, 0.15) is 44.2 Å². The second kappa shape index (κ2) is 9.22. The predicted molar refractivity (Wildman–Crippen MR) is 107 cm³/mol. The quantitative estimate of drug-likeness (QED) is 0.648. The minimum Gasteiger partial charge on any atom is -0.352 e. The van der Waals surface area contributed by atoms with Crippen molar-refractivity contribution >= 4 is 5.91 Å². The Morgan fingerprint density at radius 3 is 2.57 bits per heavy atom. The van der Waals surface area contributed by atoms with Crippen molar-refractivity contribution in [1.82, 2.24) is 15.5 Å². The monoisotopic (exact) mass is 429 g/mol. The summed E-state index contributed by atoms with van der Waals surface area (Å²) in [6.45, 7) is 6.16. The van der Waals surface area contributed by atoms with Crippen molar-refractivity contribution < 1.29 is 22.4 Å². The molecule has 168 valence electrons. The summed E-state index contributed by atoms with van der Waals surface area (Å²) >= 11 is 0. The molecular weight excluding hydrogens is 398 g/mol. The number of halogens is 4. The Kier molecular flexibility index (Phi) is 7.07. The van der Waals surface area contributed by atoms with Gasteiger partial charge < -0.3 is 10.6 Å². The Hall–Kier alpha value is -1.67. The highest BCUT2D eigenvalue weighted by atomic mass is 19.4. The largest absolute Gasteiger partial charge is 0.419 e. The Morgan fingerprint density at radius 2 is 1.97 bits per heavy atom. The third-order valence-corrected chi connectivity index (χ3v) is 6.38. The van der Waals surface area contributed by atoms with E-state index in [4.69, 9.17) is 0 Å². The Bertz CT molecular complexity index is 752. The van der Waals surface area contributed by atoms with Crippen LogP contribution in [0.4, 0.5) is 17.6 Å². The number of hydrogen-bond donors (Lipinski definition) is 2. The number of nitrogens with one attached hydrogen (secondary N) is 2. The van der Waals surface area contributed by atoms with E-state index in [1.54, 1.807) is 7.05 Å². The Labute approximate surface area is 175 Å². The fourth-order valence-corrected chi connectivity index (χ4v) is 4.92. The average molecular weight is 430 g/mol. The lowest BCUT2D eigenvalue weighted by molar-refractivity contribution is -0.140. The van der Waals surface area contributed by atoms with Crippen LogP contribution in [0.2, 0.25) is 0 Å². The van der Waals surface area contributed by atoms with Crippen LogP contribution in [-0.4, -0.2) is 43.0 Å². The molecule has 0 spiro atoms. The predicted octanol–water partition coefficient (Wildman–Crippen LogP) is 3.81. The van der Waals surface area contributed by atoms with E-state index in [9.17, 15) is 22.4 Å². The summed E-state index contributed by atoms with van der Waals surface area (Å²) in [5.41, 5.74) is -0.693. The zero-order chi connectivity index (χ0) is 22.1. The average Bonchev–Trinajstić information content (AvgIpc) is 3.19. The minimum absolute atomic E-state index is 0.0279. The summed E-state index contributed by atoms with van der Waals surface area (Å²) in [6.07, 6.45) is -1.95. The van der Waals surface area contributed by atoms with Gasteiger partial charge in [-0.1, -0.05) is 19.9 Å². The third kappa shape index (κ3) is 5.32. The number of rotatable bonds is 7. The number of hydrogen-bond acceptors (Lipinski definition) is 3. The van der Waals surface area contributed by atoms with Crippen LogP contribution in [0.15, 0.2) is 18.2 Å². The Balaban J connectivity index is 1.58. The van der Waals surface area contributed by atoms with E-state index in [1.807, 2.05) is 0 Å². The number of likely N-dealkylation sites (tertiary alicyclic amines) is 1. The molecule has 4 atom stereocenters. The smallest absolute Gasteiger partial charge is 0.352 e. The van der Waals surface area contributed by atoms with Gasteiger partial charge in [-0.15, -0.1) is 0 Å². The van der Waals surface area contributed by atoms with E-state index in [0.29, 0.717) is 29.9 Å². The lowest BCUT2D eigenvalue weighted by atomic mass is 9.97. The molecule has 1 heterocycles. The number of alkyl halides is 3. The molecule has 0 bridgehead atoms. The highest BCUT2D eigenvalue weighted by Crippen LogP contribution is 2.39. The molecule has 1 amide bonds. The van der Waals surface area contributed by atoms with Gasteiger partial charge in [0, 0.05) is 25.7 Å². The van der Waals surface area contributed by atoms with E-state index < -0.39 is 17.6 Å². The first-order valence-electron chi connectivity index (χ1n) is 10.6. The fourth-order valence-electron chi connectivity index (χ4n) is 4.92. The van der Waals surface area contributed by atoms with Crippen molar-refractivity contribution in [3.05, 3.63) is 35.1 Å². The van der Waals surface area contributed by atoms with Gasteiger partial charge >= 0.3 is 6.18 Å². The molecule has 1 aromatic carbocycles. The number of fused-ring (bicyclic) bond motifs is 1. The second-order valence-corrected chi connectivity index (χ2v) is 9.09. The van der Waals surface area contributed by atoms with Gasteiger partial charge in [-0.3, -0.25) is 9.69 Å². The molecular formula is C22H31F4N3O. The fraction of sp³-hybridized carbons (Fsp3) is 0.682. The summed E-state index contributed by atoms with van der Waals surface area (Å²) in [6, 6.07) is 3.05. The van der Waals surface area contributed by atoms with Crippen LogP contribution >= 0.6 is 0 Å². The molecule has 1 aliphatic carbocycles. The highest BCUT2D eigenvalue weighted by molar-refractivity contribution is 5.82. The SMILES string of the molecule is CN[C@@H](CC(C)C)C(=O)N[C@@H]1CCC2CN(Cc3ccc(C(F)(F)F)c(F)c3)C[C@H]21. The summed E-state index contributed by atoms with van der Waals surface area (Å²) < 4.78 is 52.1. The normalized spacial score (nSPS) is 25.5. The molecule has 1 aromatic rings. The lowest BCUT2D eigenvalue weighted by Gasteiger charge is -2.25. The summed E-state index contributed by atoms with van der Waals surface area (Å²) in [4.78, 5) is 14.8. The van der Waals surface area contributed by atoms with Crippen LogP contribution in [0, 0.1) is 23.6 Å². The van der Waals surface area contributed by atoms with E-state index in [-0.39, 0.29) is 18.0 Å². The number of benzene rings is 1. The maximum Gasteiger partial charge on any atom is 0.419 e. The van der Waals surface area contributed by atoms with Crippen molar-refractivity contribution in [3.63, 3.8) is 0 Å². The molecule has 2 aliphatic rings. The van der Waals surface area contributed by atoms with Crippen LogP contribution in [0.3, 0.4) is 0 Å². The molecule has 1 unspecified atom stereocenters. The summed E-state index contributed by atoms with van der Waals surface area (Å²) in [5, 5.41) is 6.30. The molecule has 30 heavy (non-hydrogen) atoms. The van der Waals surface area contributed by atoms with Gasteiger partial charge in [0.2, 0.25) is 5.91 Å². The topological polar surface area (TPSA) is 44.4 Å². The molecule has 1 saturated carbocycles. The third-order valence-electron chi connectivity index (χ3n) is 6.38. The second-order valence-electron chi connectivity index (χ2n) is 9.09. The van der Waals surface area contributed by atoms with Gasteiger partial charge in [0.05, 0.1) is 11.6 Å². The van der Waals surface area contributed by atoms with Crippen molar-refractivity contribution in [3.8, 4) is 0 Å². The van der Waals surface area contributed by atoms with Crippen molar-refractivity contribution in [1.29, 1.82) is 0 Å². The van der Waals surface area contributed by atoms with Gasteiger partial charge in [0.1, 0.15) is 5.82 Å². The van der Waals surface area contributed by atoms with Gasteiger partial charge in [0.15, 0.2) is 0 Å². The molecule has 1 aliphatic heterocycles. The number of carbonyl (C=O) groups excluding carboxylic acids is 1. The summed E-state index contributed by atoms with van der Waals surface area (Å²) in [5.74, 6) is -0.0129. The van der Waals surface area contributed by atoms with Gasteiger partial charge in [-0.2, -0.15) is 13.2 Å². The Morgan fingerprint density at radius 1 is 1.23 bits per heavy atom. The first kappa shape index (κ1) is 23.0. The standard InChI is InChI=1S/C22H31F4N3O/c1-13(2)8-20(27-3)21(30)28-19-7-5-15-11-29(12-16(15)19)10-14-4-6-17(18(23)9-14)22(24,25)26/h4,6,9,13,15-16,19-20,27H,5,7-8,10-12H2,1-3H3,(H,28,30)/t15?,16-,19-,20+/m1/s1. The maximum atomic E-state index is 13.9. The first-order valence-corrected chi connectivity index (χ1v) is 10.6. The first-order chi connectivity index (χ1) is 14.1. The van der Waals surface area contributed by atoms with Crippen molar-refractivity contribution in [2.45, 2.75) is 57.9 Å². The maximum absolute atomic E-state index is 13.9. The molecule has 0 radical (unpaired) electrons. The van der Waals surface area contributed by atoms with E-state index >= 15 is 0 Å². The van der Waals surface area contributed by atoms with Gasteiger partial charge in [-0.05, 0) is 61.8 Å². The van der Waals surface area contributed by atoms with Crippen molar-refractivity contribution in [2.24, 2.45) is 17.8 Å². The van der Waals surface area contributed by atoms with E-state index in [1.165, 1.54) is 6.07 Å². The zero-order valence-corrected chi connectivity index (χ0v) is 17.7. The molecule has 1 saturated heterocycles. The molecule has 0 aromatic heterocycles. The van der Waals surface area contributed by atoms with Crippen LogP contribution in [0.25, 0.3) is 0 Å². The van der Waals surface area contributed by atoms with E-state index in [0.717, 1.165) is 44.5 Å². The van der Waals surface area contributed by atoms with Gasteiger partial charge in [0.25, 0.3) is 0 Å².